The van der Waals surface area contributed by atoms with Gasteiger partial charge in [-0.3, -0.25) is 0 Å². The number of aromatic nitrogens is 3. The van der Waals surface area contributed by atoms with Crippen LogP contribution in [0.3, 0.4) is 0 Å². The summed E-state index contributed by atoms with van der Waals surface area (Å²) in [7, 11) is 0. The molecule has 0 atom stereocenters. The van der Waals surface area contributed by atoms with Crippen molar-refractivity contribution in [2.75, 3.05) is 6.61 Å². The summed E-state index contributed by atoms with van der Waals surface area (Å²) < 4.78 is 1.75. The normalized spacial score (nSPS) is 11.9. The number of hydrogen-bond acceptors (Lipinski definition) is 3. The zero-order chi connectivity index (χ0) is 8.32. The third kappa shape index (κ3) is 1.77. The van der Waals surface area contributed by atoms with E-state index < -0.39 is 0 Å². The Balaban J connectivity index is 2.73. The summed E-state index contributed by atoms with van der Waals surface area (Å²) >= 11 is 0. The Kier molecular flexibility index (Phi) is 2.24. The van der Waals surface area contributed by atoms with Gasteiger partial charge in [0.05, 0.1) is 5.54 Å². The Morgan fingerprint density at radius 1 is 1.55 bits per heavy atom. The van der Waals surface area contributed by atoms with Gasteiger partial charge in [0, 0.05) is 6.61 Å². The van der Waals surface area contributed by atoms with Crippen LogP contribution >= 0.6 is 0 Å². The maximum Gasteiger partial charge on any atom is 0.137 e. The van der Waals surface area contributed by atoms with E-state index >= 15 is 0 Å². The Morgan fingerprint density at radius 2 is 2.27 bits per heavy atom. The molecule has 0 aliphatic carbocycles. The molecule has 1 N–H and O–H groups in total. The third-order valence-corrected chi connectivity index (χ3v) is 1.76. The molecule has 1 rings (SSSR count). The van der Waals surface area contributed by atoms with E-state index in [9.17, 15) is 0 Å². The fraction of sp³-hybridized carbons (Fsp3) is 0.714. The van der Waals surface area contributed by atoms with Crippen molar-refractivity contribution >= 4 is 0 Å². The first kappa shape index (κ1) is 8.20. The number of aliphatic hydroxyl groups excluding tert-OH is 1. The highest BCUT2D eigenvalue weighted by atomic mass is 16.3. The van der Waals surface area contributed by atoms with Crippen molar-refractivity contribution in [1.82, 2.24) is 14.8 Å². The smallest absolute Gasteiger partial charge is 0.137 e. The average Bonchev–Trinajstić information content (AvgIpc) is 2.37. The van der Waals surface area contributed by atoms with E-state index in [2.05, 4.69) is 10.1 Å². The fourth-order valence-electron chi connectivity index (χ4n) is 0.909. The zero-order valence-electron chi connectivity index (χ0n) is 6.86. The minimum atomic E-state index is -0.134. The van der Waals surface area contributed by atoms with Crippen LogP contribution in [0.15, 0.2) is 12.7 Å². The number of aliphatic hydroxyl groups is 1. The molecule has 0 spiro atoms. The minimum absolute atomic E-state index is 0.134. The first-order valence-electron chi connectivity index (χ1n) is 3.63. The van der Waals surface area contributed by atoms with Crippen LogP contribution in [0.5, 0.6) is 0 Å². The van der Waals surface area contributed by atoms with Crippen LogP contribution in [-0.4, -0.2) is 26.5 Å². The third-order valence-electron chi connectivity index (χ3n) is 1.76. The summed E-state index contributed by atoms with van der Waals surface area (Å²) in [5.74, 6) is 0. The number of rotatable bonds is 3. The van der Waals surface area contributed by atoms with Crippen molar-refractivity contribution in [1.29, 1.82) is 0 Å². The summed E-state index contributed by atoms with van der Waals surface area (Å²) in [6.45, 7) is 4.20. The predicted molar refractivity (Wildman–Crippen MR) is 41.0 cm³/mol. The standard InChI is InChI=1S/C7H13N3O/c1-7(2,3-4-11)10-6-8-5-9-10/h5-6,11H,3-4H2,1-2H3. The summed E-state index contributed by atoms with van der Waals surface area (Å²) in [5.41, 5.74) is -0.134. The molecule has 0 saturated heterocycles. The maximum atomic E-state index is 8.74. The summed E-state index contributed by atoms with van der Waals surface area (Å²) in [6.07, 6.45) is 3.85. The molecular formula is C7H13N3O. The topological polar surface area (TPSA) is 50.9 Å². The van der Waals surface area contributed by atoms with Gasteiger partial charge in [-0.05, 0) is 20.3 Å². The molecule has 0 aliphatic heterocycles. The first-order chi connectivity index (χ1) is 5.17. The number of nitrogens with zero attached hydrogens (tertiary/aromatic N) is 3. The lowest BCUT2D eigenvalue weighted by molar-refractivity contribution is 0.201. The molecule has 0 unspecified atom stereocenters. The molecular weight excluding hydrogens is 142 g/mol. The minimum Gasteiger partial charge on any atom is -0.396 e. The number of hydrogen-bond donors (Lipinski definition) is 1. The highest BCUT2D eigenvalue weighted by Crippen LogP contribution is 2.16. The zero-order valence-corrected chi connectivity index (χ0v) is 6.86. The highest BCUT2D eigenvalue weighted by molar-refractivity contribution is 4.76. The van der Waals surface area contributed by atoms with Gasteiger partial charge in [0.25, 0.3) is 0 Å². The fourth-order valence-corrected chi connectivity index (χ4v) is 0.909. The van der Waals surface area contributed by atoms with Crippen molar-refractivity contribution in [3.63, 3.8) is 0 Å². The van der Waals surface area contributed by atoms with Gasteiger partial charge < -0.3 is 5.11 Å². The van der Waals surface area contributed by atoms with Gasteiger partial charge in [-0.15, -0.1) is 0 Å². The molecule has 4 heteroatoms. The summed E-state index contributed by atoms with van der Waals surface area (Å²) in [6, 6.07) is 0. The van der Waals surface area contributed by atoms with E-state index in [1.54, 1.807) is 11.0 Å². The molecule has 1 aromatic rings. The van der Waals surface area contributed by atoms with Gasteiger partial charge in [0.15, 0.2) is 0 Å². The second-order valence-corrected chi connectivity index (χ2v) is 3.13. The van der Waals surface area contributed by atoms with Gasteiger partial charge in [-0.1, -0.05) is 0 Å². The molecule has 0 fully saturated rings. The van der Waals surface area contributed by atoms with Gasteiger partial charge in [-0.2, -0.15) is 5.10 Å². The van der Waals surface area contributed by atoms with Gasteiger partial charge in [0.1, 0.15) is 12.7 Å². The monoisotopic (exact) mass is 155 g/mol. The molecule has 62 valence electrons. The molecule has 1 aromatic heterocycles. The van der Waals surface area contributed by atoms with E-state index in [4.69, 9.17) is 5.11 Å². The quantitative estimate of drug-likeness (QED) is 0.687. The van der Waals surface area contributed by atoms with E-state index in [0.29, 0.717) is 6.42 Å². The molecule has 0 amide bonds. The van der Waals surface area contributed by atoms with Crippen LogP contribution in [-0.2, 0) is 5.54 Å². The van der Waals surface area contributed by atoms with Crippen molar-refractivity contribution in [3.05, 3.63) is 12.7 Å². The van der Waals surface area contributed by atoms with Crippen LogP contribution in [0.4, 0.5) is 0 Å². The maximum absolute atomic E-state index is 8.74. The van der Waals surface area contributed by atoms with E-state index in [-0.39, 0.29) is 12.1 Å². The molecule has 0 aromatic carbocycles. The van der Waals surface area contributed by atoms with Crippen LogP contribution in [0.1, 0.15) is 20.3 Å². The molecule has 0 aliphatic rings. The van der Waals surface area contributed by atoms with Gasteiger partial charge in [0.2, 0.25) is 0 Å². The van der Waals surface area contributed by atoms with Crippen LogP contribution in [0.25, 0.3) is 0 Å². The van der Waals surface area contributed by atoms with Gasteiger partial charge in [-0.25, -0.2) is 9.67 Å². The lowest BCUT2D eigenvalue weighted by Gasteiger charge is -2.23. The van der Waals surface area contributed by atoms with E-state index in [1.807, 2.05) is 13.8 Å². The van der Waals surface area contributed by atoms with Crippen molar-refractivity contribution in [2.45, 2.75) is 25.8 Å². The lowest BCUT2D eigenvalue weighted by Crippen LogP contribution is -2.27. The SMILES string of the molecule is CC(C)(CCO)n1cncn1. The molecule has 4 nitrogen and oxygen atoms in total. The van der Waals surface area contributed by atoms with E-state index in [0.717, 1.165) is 0 Å². The molecule has 0 saturated carbocycles. The lowest BCUT2D eigenvalue weighted by atomic mass is 10.0. The molecule has 0 bridgehead atoms. The molecule has 11 heavy (non-hydrogen) atoms. The second-order valence-electron chi connectivity index (χ2n) is 3.13. The van der Waals surface area contributed by atoms with Crippen molar-refractivity contribution in [2.24, 2.45) is 0 Å². The summed E-state index contributed by atoms with van der Waals surface area (Å²) in [4.78, 5) is 3.84. The predicted octanol–water partition coefficient (Wildman–Crippen LogP) is 0.396. The second kappa shape index (κ2) is 3.00. The van der Waals surface area contributed by atoms with Gasteiger partial charge >= 0.3 is 0 Å². The first-order valence-corrected chi connectivity index (χ1v) is 3.63. The molecule has 0 radical (unpaired) electrons. The van der Waals surface area contributed by atoms with Crippen LogP contribution in [0.2, 0.25) is 0 Å². The van der Waals surface area contributed by atoms with Crippen LogP contribution < -0.4 is 0 Å². The Morgan fingerprint density at radius 3 is 2.73 bits per heavy atom. The summed E-state index contributed by atoms with van der Waals surface area (Å²) in [5, 5.41) is 12.7. The average molecular weight is 155 g/mol. The van der Waals surface area contributed by atoms with Crippen LogP contribution in [0, 0.1) is 0 Å². The van der Waals surface area contributed by atoms with E-state index in [1.165, 1.54) is 6.33 Å². The van der Waals surface area contributed by atoms with Crippen molar-refractivity contribution in [3.8, 4) is 0 Å². The molecule has 1 heterocycles. The Bertz CT molecular complexity index is 205. The highest BCUT2D eigenvalue weighted by Gasteiger charge is 2.19. The van der Waals surface area contributed by atoms with Crippen molar-refractivity contribution < 1.29 is 5.11 Å². The Hall–Kier alpha value is -0.900. The Labute approximate surface area is 65.9 Å². The largest absolute Gasteiger partial charge is 0.396 e.